The van der Waals surface area contributed by atoms with E-state index in [-0.39, 0.29) is 9.08 Å². The van der Waals surface area contributed by atoms with Gasteiger partial charge in [-0.15, -0.1) is 0 Å². The molecule has 1 aromatic heterocycles. The standard InChI is InChI=1S/C11H18N4O3S2/c1-8-10(19-11(16)13-8)20(17,18)15-4-2-14(3-5-15)9-6-12-7-9/h9,12H,2-7H2,1H3,(H,13,16). The van der Waals surface area contributed by atoms with Crippen molar-refractivity contribution < 1.29 is 8.42 Å². The number of aryl methyl sites for hydroxylation is 1. The summed E-state index contributed by atoms with van der Waals surface area (Å²) >= 11 is 0.773. The second-order valence-electron chi connectivity index (χ2n) is 5.18. The molecule has 112 valence electrons. The fraction of sp³-hybridized carbons (Fsp3) is 0.727. The Morgan fingerprint density at radius 1 is 1.20 bits per heavy atom. The minimum Gasteiger partial charge on any atom is -0.315 e. The predicted molar refractivity (Wildman–Crippen MR) is 76.7 cm³/mol. The molecule has 0 spiro atoms. The quantitative estimate of drug-likeness (QED) is 0.748. The molecule has 0 saturated carbocycles. The first-order valence-electron chi connectivity index (χ1n) is 6.63. The third-order valence-corrected chi connectivity index (χ3v) is 7.39. The number of piperazine rings is 1. The first kappa shape index (κ1) is 14.2. The molecule has 0 aromatic carbocycles. The summed E-state index contributed by atoms with van der Waals surface area (Å²) in [5, 5.41) is 3.23. The van der Waals surface area contributed by atoms with Gasteiger partial charge in [0.15, 0.2) is 4.21 Å². The first-order chi connectivity index (χ1) is 9.48. The lowest BCUT2D eigenvalue weighted by molar-refractivity contribution is 0.103. The van der Waals surface area contributed by atoms with Crippen LogP contribution in [-0.4, -0.2) is 67.9 Å². The maximum Gasteiger partial charge on any atom is 0.305 e. The Balaban J connectivity index is 1.73. The average molecular weight is 318 g/mol. The van der Waals surface area contributed by atoms with Crippen LogP contribution in [0.1, 0.15) is 5.69 Å². The molecule has 7 nitrogen and oxygen atoms in total. The Bertz CT molecular complexity index is 639. The average Bonchev–Trinajstić information content (AvgIpc) is 2.68. The van der Waals surface area contributed by atoms with Crippen LogP contribution in [0.15, 0.2) is 9.00 Å². The van der Waals surface area contributed by atoms with Gasteiger partial charge in [0.1, 0.15) is 0 Å². The lowest BCUT2D eigenvalue weighted by Crippen LogP contribution is -2.62. The van der Waals surface area contributed by atoms with Crippen molar-refractivity contribution in [2.24, 2.45) is 0 Å². The topological polar surface area (TPSA) is 85.5 Å². The third-order valence-electron chi connectivity index (χ3n) is 3.90. The Kier molecular flexibility index (Phi) is 3.71. The first-order valence-corrected chi connectivity index (χ1v) is 8.89. The van der Waals surface area contributed by atoms with Crippen LogP contribution in [0.4, 0.5) is 0 Å². The molecule has 0 unspecified atom stereocenters. The largest absolute Gasteiger partial charge is 0.315 e. The highest BCUT2D eigenvalue weighted by atomic mass is 32.2. The van der Waals surface area contributed by atoms with Crippen LogP contribution < -0.4 is 10.2 Å². The lowest BCUT2D eigenvalue weighted by Gasteiger charge is -2.42. The highest BCUT2D eigenvalue weighted by Crippen LogP contribution is 2.23. The predicted octanol–water partition coefficient (Wildman–Crippen LogP) is -0.977. The van der Waals surface area contributed by atoms with E-state index in [4.69, 9.17) is 0 Å². The minimum atomic E-state index is -3.53. The summed E-state index contributed by atoms with van der Waals surface area (Å²) in [6, 6.07) is 0.546. The Hall–Kier alpha value is -0.740. The molecule has 0 aliphatic carbocycles. The fourth-order valence-electron chi connectivity index (χ4n) is 2.59. The van der Waals surface area contributed by atoms with E-state index in [2.05, 4.69) is 15.2 Å². The molecule has 0 amide bonds. The molecule has 2 N–H and O–H groups in total. The van der Waals surface area contributed by atoms with E-state index in [1.165, 1.54) is 4.31 Å². The summed E-state index contributed by atoms with van der Waals surface area (Å²) in [5.41, 5.74) is 0.436. The highest BCUT2D eigenvalue weighted by Gasteiger charge is 2.34. The number of thiazole rings is 1. The van der Waals surface area contributed by atoms with E-state index in [1.807, 2.05) is 0 Å². The number of aromatic nitrogens is 1. The van der Waals surface area contributed by atoms with Crippen LogP contribution in [0.3, 0.4) is 0 Å². The van der Waals surface area contributed by atoms with Gasteiger partial charge in [0.05, 0.1) is 0 Å². The molecular weight excluding hydrogens is 300 g/mol. The maximum absolute atomic E-state index is 12.5. The molecule has 9 heteroatoms. The number of nitrogens with zero attached hydrogens (tertiary/aromatic N) is 2. The Morgan fingerprint density at radius 2 is 1.85 bits per heavy atom. The van der Waals surface area contributed by atoms with Gasteiger partial charge in [-0.05, 0) is 6.92 Å². The van der Waals surface area contributed by atoms with Gasteiger partial charge in [-0.2, -0.15) is 4.31 Å². The number of aromatic amines is 1. The van der Waals surface area contributed by atoms with Gasteiger partial charge in [0.2, 0.25) is 0 Å². The number of rotatable bonds is 3. The van der Waals surface area contributed by atoms with Crippen molar-refractivity contribution in [3.05, 3.63) is 15.4 Å². The van der Waals surface area contributed by atoms with Crippen molar-refractivity contribution in [3.8, 4) is 0 Å². The van der Waals surface area contributed by atoms with Gasteiger partial charge in [-0.1, -0.05) is 11.3 Å². The molecule has 2 aliphatic heterocycles. The van der Waals surface area contributed by atoms with E-state index in [9.17, 15) is 13.2 Å². The van der Waals surface area contributed by atoms with Crippen molar-refractivity contribution in [2.45, 2.75) is 17.2 Å². The molecule has 0 radical (unpaired) electrons. The maximum atomic E-state index is 12.5. The summed E-state index contributed by atoms with van der Waals surface area (Å²) in [7, 11) is -3.53. The van der Waals surface area contributed by atoms with Crippen LogP contribution in [0.5, 0.6) is 0 Å². The van der Waals surface area contributed by atoms with Crippen molar-refractivity contribution in [2.75, 3.05) is 39.3 Å². The molecule has 0 bridgehead atoms. The zero-order chi connectivity index (χ0) is 14.3. The van der Waals surface area contributed by atoms with Gasteiger partial charge >= 0.3 is 4.87 Å². The van der Waals surface area contributed by atoms with Crippen molar-refractivity contribution in [1.82, 2.24) is 19.5 Å². The van der Waals surface area contributed by atoms with Crippen molar-refractivity contribution in [1.29, 1.82) is 0 Å². The SMILES string of the molecule is Cc1[nH]c(=O)sc1S(=O)(=O)N1CCN(C2CNC2)CC1. The summed E-state index contributed by atoms with van der Waals surface area (Å²) < 4.78 is 26.7. The van der Waals surface area contributed by atoms with Crippen LogP contribution >= 0.6 is 11.3 Å². The van der Waals surface area contributed by atoms with E-state index >= 15 is 0 Å². The van der Waals surface area contributed by atoms with Crippen LogP contribution in [0.2, 0.25) is 0 Å². The number of hydrogen-bond donors (Lipinski definition) is 2. The van der Waals surface area contributed by atoms with Gasteiger partial charge in [-0.25, -0.2) is 8.42 Å². The zero-order valence-electron chi connectivity index (χ0n) is 11.3. The van der Waals surface area contributed by atoms with Gasteiger partial charge < -0.3 is 10.3 Å². The molecular formula is C11H18N4O3S2. The molecule has 0 atom stereocenters. The lowest BCUT2D eigenvalue weighted by atomic mass is 10.1. The van der Waals surface area contributed by atoms with E-state index in [1.54, 1.807) is 6.92 Å². The Labute approximate surface area is 121 Å². The van der Waals surface area contributed by atoms with Crippen molar-refractivity contribution >= 4 is 21.4 Å². The summed E-state index contributed by atoms with van der Waals surface area (Å²) in [4.78, 5) is 15.8. The number of hydrogen-bond acceptors (Lipinski definition) is 6. The minimum absolute atomic E-state index is 0.154. The molecule has 20 heavy (non-hydrogen) atoms. The number of H-pyrrole nitrogens is 1. The molecule has 3 heterocycles. The van der Waals surface area contributed by atoms with Crippen LogP contribution in [-0.2, 0) is 10.0 Å². The zero-order valence-corrected chi connectivity index (χ0v) is 12.9. The van der Waals surface area contributed by atoms with E-state index in [0.717, 1.165) is 37.5 Å². The second-order valence-corrected chi connectivity index (χ2v) is 8.30. The highest BCUT2D eigenvalue weighted by molar-refractivity contribution is 7.91. The third kappa shape index (κ3) is 2.44. The molecule has 3 rings (SSSR count). The molecule has 2 saturated heterocycles. The van der Waals surface area contributed by atoms with Gasteiger partial charge in [0, 0.05) is 51.0 Å². The second kappa shape index (κ2) is 5.23. The van der Waals surface area contributed by atoms with E-state index < -0.39 is 10.0 Å². The summed E-state index contributed by atoms with van der Waals surface area (Å²) in [6.45, 7) is 6.10. The van der Waals surface area contributed by atoms with Crippen molar-refractivity contribution in [3.63, 3.8) is 0 Å². The summed E-state index contributed by atoms with van der Waals surface area (Å²) in [5.74, 6) is 0. The molecule has 1 aromatic rings. The molecule has 2 fully saturated rings. The normalized spacial score (nSPS) is 22.9. The van der Waals surface area contributed by atoms with Gasteiger partial charge in [-0.3, -0.25) is 9.69 Å². The number of nitrogens with one attached hydrogen (secondary N) is 2. The fourth-order valence-corrected chi connectivity index (χ4v) is 5.45. The van der Waals surface area contributed by atoms with Crippen LogP contribution in [0, 0.1) is 6.92 Å². The van der Waals surface area contributed by atoms with Gasteiger partial charge in [0.25, 0.3) is 10.0 Å². The van der Waals surface area contributed by atoms with Crippen LogP contribution in [0.25, 0.3) is 0 Å². The number of sulfonamides is 1. The smallest absolute Gasteiger partial charge is 0.305 e. The molecule has 2 aliphatic rings. The van der Waals surface area contributed by atoms with E-state index in [0.29, 0.717) is 24.8 Å². The summed E-state index contributed by atoms with van der Waals surface area (Å²) in [6.07, 6.45) is 0. The Morgan fingerprint density at radius 3 is 2.30 bits per heavy atom. The monoisotopic (exact) mass is 318 g/mol.